The van der Waals surface area contributed by atoms with Gasteiger partial charge in [-0.2, -0.15) is 0 Å². The van der Waals surface area contributed by atoms with Crippen LogP contribution in [0.25, 0.3) is 0 Å². The number of carbonyl (C=O) groups excluding carboxylic acids is 1. The minimum atomic E-state index is 0.0244. The first-order valence-electron chi connectivity index (χ1n) is 4.63. The number of ketones is 1. The van der Waals surface area contributed by atoms with Gasteiger partial charge in [0.05, 0.1) is 19.0 Å². The molecule has 0 fully saturated rings. The highest BCUT2D eigenvalue weighted by Gasteiger charge is 2.09. The first-order chi connectivity index (χ1) is 7.22. The first-order valence-corrected chi connectivity index (χ1v) is 5.75. The number of hydrogen-bond donors (Lipinski definition) is 0. The average Bonchev–Trinajstić information content (AvgIpc) is 2.29. The van der Waals surface area contributed by atoms with E-state index < -0.39 is 0 Å². The number of rotatable bonds is 5. The number of ether oxygens (including phenoxy) is 2. The highest BCUT2D eigenvalue weighted by atomic mass is 79.9. The summed E-state index contributed by atoms with van der Waals surface area (Å²) in [6.45, 7) is 2.47. The maximum absolute atomic E-state index is 11.4. The Morgan fingerprint density at radius 2 is 2.13 bits per heavy atom. The van der Waals surface area contributed by atoms with Gasteiger partial charge in [0.25, 0.3) is 0 Å². The molecule has 0 amide bonds. The van der Waals surface area contributed by atoms with Crippen LogP contribution in [0, 0.1) is 0 Å². The molecular weight excluding hydrogens is 260 g/mol. The van der Waals surface area contributed by atoms with Crippen molar-refractivity contribution in [2.45, 2.75) is 6.92 Å². The zero-order chi connectivity index (χ0) is 11.3. The molecule has 0 aromatic heterocycles. The lowest BCUT2D eigenvalue weighted by Gasteiger charge is -2.09. The van der Waals surface area contributed by atoms with Gasteiger partial charge in [0.15, 0.2) is 17.3 Å². The maximum atomic E-state index is 11.4. The third kappa shape index (κ3) is 2.96. The van der Waals surface area contributed by atoms with Gasteiger partial charge in [-0.25, -0.2) is 0 Å². The number of alkyl halides is 1. The van der Waals surface area contributed by atoms with Crippen LogP contribution in [0.4, 0.5) is 0 Å². The van der Waals surface area contributed by atoms with Crippen LogP contribution >= 0.6 is 15.9 Å². The Bertz CT molecular complexity index is 350. The molecule has 0 N–H and O–H groups in total. The lowest BCUT2D eigenvalue weighted by atomic mass is 10.1. The van der Waals surface area contributed by atoms with Gasteiger partial charge in [0, 0.05) is 5.56 Å². The van der Waals surface area contributed by atoms with E-state index in [9.17, 15) is 4.79 Å². The van der Waals surface area contributed by atoms with Gasteiger partial charge in [-0.1, -0.05) is 15.9 Å². The van der Waals surface area contributed by atoms with Crippen molar-refractivity contribution in [3.05, 3.63) is 23.8 Å². The molecule has 0 radical (unpaired) electrons. The normalized spacial score (nSPS) is 9.80. The van der Waals surface area contributed by atoms with Crippen LogP contribution in [0.5, 0.6) is 11.5 Å². The lowest BCUT2D eigenvalue weighted by Crippen LogP contribution is -2.02. The molecule has 0 bridgehead atoms. The highest BCUT2D eigenvalue weighted by molar-refractivity contribution is 9.09. The summed E-state index contributed by atoms with van der Waals surface area (Å²) in [5.41, 5.74) is 0.618. The summed E-state index contributed by atoms with van der Waals surface area (Å²) in [7, 11) is 1.56. The highest BCUT2D eigenvalue weighted by Crippen LogP contribution is 2.28. The van der Waals surface area contributed by atoms with Gasteiger partial charge in [-0.3, -0.25) is 4.79 Å². The Morgan fingerprint density at radius 3 is 2.67 bits per heavy atom. The monoisotopic (exact) mass is 272 g/mol. The second-order valence-electron chi connectivity index (χ2n) is 2.86. The second kappa shape index (κ2) is 5.75. The van der Waals surface area contributed by atoms with E-state index in [1.54, 1.807) is 25.3 Å². The van der Waals surface area contributed by atoms with Crippen LogP contribution in [0.2, 0.25) is 0 Å². The molecule has 0 aliphatic carbocycles. The standard InChI is InChI=1S/C11H13BrO3/c1-3-15-10-5-4-8(9(13)7-12)6-11(10)14-2/h4-6H,3,7H2,1-2H3. The third-order valence-electron chi connectivity index (χ3n) is 1.91. The van der Waals surface area contributed by atoms with E-state index in [2.05, 4.69) is 15.9 Å². The molecule has 4 heteroatoms. The minimum absolute atomic E-state index is 0.0244. The molecule has 3 nitrogen and oxygen atoms in total. The van der Waals surface area contributed by atoms with Crippen LogP contribution < -0.4 is 9.47 Å². The van der Waals surface area contributed by atoms with Crippen molar-refractivity contribution in [2.75, 3.05) is 19.0 Å². The molecule has 0 saturated heterocycles. The summed E-state index contributed by atoms with van der Waals surface area (Å²) in [5, 5.41) is 0.310. The summed E-state index contributed by atoms with van der Waals surface area (Å²) in [6, 6.07) is 5.17. The molecule has 0 spiro atoms. The zero-order valence-electron chi connectivity index (χ0n) is 8.75. The number of benzene rings is 1. The van der Waals surface area contributed by atoms with Crippen molar-refractivity contribution in [3.63, 3.8) is 0 Å². The fourth-order valence-electron chi connectivity index (χ4n) is 1.19. The number of carbonyl (C=O) groups is 1. The third-order valence-corrected chi connectivity index (χ3v) is 2.42. The number of Topliss-reactive ketones (excluding diaryl/α,β-unsaturated/α-hetero) is 1. The summed E-state index contributed by atoms with van der Waals surface area (Å²) >= 11 is 3.13. The lowest BCUT2D eigenvalue weighted by molar-refractivity contribution is 0.102. The van der Waals surface area contributed by atoms with E-state index in [0.29, 0.717) is 29.0 Å². The molecule has 1 aromatic rings. The summed E-state index contributed by atoms with van der Waals surface area (Å²) in [6.07, 6.45) is 0. The molecular formula is C11H13BrO3. The maximum Gasteiger partial charge on any atom is 0.173 e. The number of halogens is 1. The van der Waals surface area contributed by atoms with Crippen molar-refractivity contribution in [1.29, 1.82) is 0 Å². The van der Waals surface area contributed by atoms with Crippen molar-refractivity contribution in [2.24, 2.45) is 0 Å². The predicted molar refractivity (Wildman–Crippen MR) is 62.3 cm³/mol. The largest absolute Gasteiger partial charge is 0.493 e. The number of hydrogen-bond acceptors (Lipinski definition) is 3. The Labute approximate surface area is 97.5 Å². The van der Waals surface area contributed by atoms with Crippen LogP contribution in [0.1, 0.15) is 17.3 Å². The fourth-order valence-corrected chi connectivity index (χ4v) is 1.52. The Morgan fingerprint density at radius 1 is 1.40 bits per heavy atom. The van der Waals surface area contributed by atoms with Crippen molar-refractivity contribution < 1.29 is 14.3 Å². The zero-order valence-corrected chi connectivity index (χ0v) is 10.3. The average molecular weight is 273 g/mol. The van der Waals surface area contributed by atoms with Crippen molar-refractivity contribution in [3.8, 4) is 11.5 Å². The molecule has 0 unspecified atom stereocenters. The SMILES string of the molecule is CCOc1ccc(C(=O)CBr)cc1OC. The molecule has 15 heavy (non-hydrogen) atoms. The van der Waals surface area contributed by atoms with E-state index in [4.69, 9.17) is 9.47 Å². The van der Waals surface area contributed by atoms with Crippen LogP contribution in [0.3, 0.4) is 0 Å². The molecule has 0 heterocycles. The van der Waals surface area contributed by atoms with E-state index in [-0.39, 0.29) is 5.78 Å². The molecule has 0 atom stereocenters. The Balaban J connectivity index is 3.01. The Kier molecular flexibility index (Phi) is 4.62. The summed E-state index contributed by atoms with van der Waals surface area (Å²) in [4.78, 5) is 11.4. The van der Waals surface area contributed by atoms with Gasteiger partial charge in [0.1, 0.15) is 0 Å². The topological polar surface area (TPSA) is 35.5 Å². The van der Waals surface area contributed by atoms with E-state index in [1.165, 1.54) is 0 Å². The summed E-state index contributed by atoms with van der Waals surface area (Å²) < 4.78 is 10.5. The van der Waals surface area contributed by atoms with Gasteiger partial charge >= 0.3 is 0 Å². The molecule has 0 aliphatic heterocycles. The first kappa shape index (κ1) is 12.0. The number of methoxy groups -OCH3 is 1. The Hall–Kier alpha value is -1.03. The van der Waals surface area contributed by atoms with E-state index in [1.807, 2.05) is 6.92 Å². The van der Waals surface area contributed by atoms with Crippen LogP contribution in [-0.4, -0.2) is 24.8 Å². The van der Waals surface area contributed by atoms with E-state index >= 15 is 0 Å². The smallest absolute Gasteiger partial charge is 0.173 e. The van der Waals surface area contributed by atoms with Gasteiger partial charge in [-0.15, -0.1) is 0 Å². The van der Waals surface area contributed by atoms with Gasteiger partial charge < -0.3 is 9.47 Å². The van der Waals surface area contributed by atoms with Gasteiger partial charge in [0.2, 0.25) is 0 Å². The molecule has 0 saturated carbocycles. The fraction of sp³-hybridized carbons (Fsp3) is 0.364. The van der Waals surface area contributed by atoms with Crippen LogP contribution in [-0.2, 0) is 0 Å². The molecule has 0 aliphatic rings. The van der Waals surface area contributed by atoms with Crippen LogP contribution in [0.15, 0.2) is 18.2 Å². The van der Waals surface area contributed by atoms with E-state index in [0.717, 1.165) is 0 Å². The van der Waals surface area contributed by atoms with Gasteiger partial charge in [-0.05, 0) is 25.1 Å². The van der Waals surface area contributed by atoms with Crippen molar-refractivity contribution >= 4 is 21.7 Å². The quantitative estimate of drug-likeness (QED) is 0.611. The minimum Gasteiger partial charge on any atom is -0.493 e. The van der Waals surface area contributed by atoms with Crippen molar-refractivity contribution in [1.82, 2.24) is 0 Å². The summed E-state index contributed by atoms with van der Waals surface area (Å²) in [5.74, 6) is 1.27. The molecule has 1 aromatic carbocycles. The second-order valence-corrected chi connectivity index (χ2v) is 3.42. The predicted octanol–water partition coefficient (Wildman–Crippen LogP) is 2.67. The molecule has 82 valence electrons. The molecule has 1 rings (SSSR count).